The van der Waals surface area contributed by atoms with E-state index < -0.39 is 0 Å². The summed E-state index contributed by atoms with van der Waals surface area (Å²) in [7, 11) is 3.70. The van der Waals surface area contributed by atoms with Crippen molar-refractivity contribution in [3.05, 3.63) is 180 Å². The molecule has 0 radical (unpaired) electrons. The smallest absolute Gasteiger partial charge is 0.297 e. The van der Waals surface area contributed by atoms with Crippen LogP contribution in [0.25, 0.3) is 64.6 Å². The molecule has 0 saturated carbocycles. The Morgan fingerprint density at radius 1 is 0.370 bits per heavy atom. The van der Waals surface area contributed by atoms with Crippen LogP contribution < -0.4 is 9.80 Å². The molecule has 0 saturated heterocycles. The molecule has 10 rings (SSSR count). The van der Waals surface area contributed by atoms with Crippen molar-refractivity contribution in [1.82, 2.24) is 0 Å². The summed E-state index contributed by atoms with van der Waals surface area (Å²) in [6.07, 6.45) is 3.79. The second-order valence-corrected chi connectivity index (χ2v) is 14.9. The Balaban J connectivity index is 0.796. The van der Waals surface area contributed by atoms with E-state index in [1.54, 1.807) is 9.80 Å². The first-order chi connectivity index (χ1) is 26.5. The van der Waals surface area contributed by atoms with Crippen LogP contribution in [0.2, 0.25) is 0 Å². The topological polar surface area (TPSA) is 23.6 Å². The van der Waals surface area contributed by atoms with E-state index in [0.717, 1.165) is 37.1 Å². The van der Waals surface area contributed by atoms with Gasteiger partial charge in [-0.3, -0.25) is 9.80 Å². The predicted molar refractivity (Wildman–Crippen MR) is 230 cm³/mol. The van der Waals surface area contributed by atoms with Crippen molar-refractivity contribution < 1.29 is 4.79 Å². The Morgan fingerprint density at radius 3 is 1.09 bits per heavy atom. The molecule has 0 fully saturated rings. The summed E-state index contributed by atoms with van der Waals surface area (Å²) < 4.78 is 0. The van der Waals surface area contributed by atoms with Crippen molar-refractivity contribution in [2.75, 3.05) is 23.9 Å². The van der Waals surface area contributed by atoms with Gasteiger partial charge in [-0.1, -0.05) is 133 Å². The van der Waals surface area contributed by atoms with Gasteiger partial charge in [0.15, 0.2) is 0 Å². The van der Waals surface area contributed by atoms with Gasteiger partial charge in [0.2, 0.25) is 0 Å². The molecule has 0 heterocycles. The molecule has 0 aliphatic rings. The zero-order chi connectivity index (χ0) is 36.3. The summed E-state index contributed by atoms with van der Waals surface area (Å²) in [5.74, 6) is 0. The number of aryl methyl sites for hydroxylation is 4. The van der Waals surface area contributed by atoms with Crippen molar-refractivity contribution in [2.45, 2.75) is 25.7 Å². The summed E-state index contributed by atoms with van der Waals surface area (Å²) in [5.41, 5.74) is 7.02. The fourth-order valence-corrected chi connectivity index (χ4v) is 8.80. The Kier molecular flexibility index (Phi) is 7.69. The van der Waals surface area contributed by atoms with Crippen molar-refractivity contribution in [2.24, 2.45) is 0 Å². The zero-order valence-electron chi connectivity index (χ0n) is 30.6. The van der Waals surface area contributed by atoms with Crippen molar-refractivity contribution in [1.29, 1.82) is 0 Å². The highest BCUT2D eigenvalue weighted by molar-refractivity contribution is 6.24. The van der Waals surface area contributed by atoms with Gasteiger partial charge in [0, 0.05) is 25.5 Å². The van der Waals surface area contributed by atoms with Crippen LogP contribution in [-0.2, 0) is 25.7 Å². The molecule has 10 aromatic rings. The summed E-state index contributed by atoms with van der Waals surface area (Å²) >= 11 is 0. The first-order valence-electron chi connectivity index (χ1n) is 19.0. The van der Waals surface area contributed by atoms with Gasteiger partial charge in [0.25, 0.3) is 0 Å². The average Bonchev–Trinajstić information content (AvgIpc) is 3.23. The number of hydrogen-bond acceptors (Lipinski definition) is 1. The molecule has 3 nitrogen and oxygen atoms in total. The molecule has 0 atom stereocenters. The van der Waals surface area contributed by atoms with E-state index in [1.807, 2.05) is 14.1 Å². The van der Waals surface area contributed by atoms with Gasteiger partial charge in [-0.15, -0.1) is 0 Å². The van der Waals surface area contributed by atoms with E-state index in [4.69, 9.17) is 0 Å². The van der Waals surface area contributed by atoms with E-state index in [2.05, 4.69) is 158 Å². The van der Waals surface area contributed by atoms with Gasteiger partial charge in [-0.05, 0) is 137 Å². The Hall–Kier alpha value is -6.45. The van der Waals surface area contributed by atoms with Crippen LogP contribution in [0, 0.1) is 0 Å². The lowest BCUT2D eigenvalue weighted by Crippen LogP contribution is -2.38. The molecule has 0 aromatic heterocycles. The van der Waals surface area contributed by atoms with Crippen LogP contribution in [0.1, 0.15) is 22.3 Å². The molecule has 10 aromatic carbocycles. The monoisotopic (exact) mass is 696 g/mol. The Bertz CT molecular complexity index is 2740. The number of carbonyl (C=O) groups is 1. The number of benzene rings is 10. The molecule has 0 aliphatic heterocycles. The minimum Gasteiger partial charge on any atom is -0.297 e. The van der Waals surface area contributed by atoms with Crippen LogP contribution >= 0.6 is 0 Å². The number of rotatable bonds is 8. The minimum atomic E-state index is -0.0715. The molecule has 0 N–H and O–H groups in total. The Morgan fingerprint density at radius 2 is 0.704 bits per heavy atom. The molecular weight excluding hydrogens is 657 g/mol. The van der Waals surface area contributed by atoms with Gasteiger partial charge in [0.05, 0.1) is 0 Å². The van der Waals surface area contributed by atoms with Crippen molar-refractivity contribution >= 4 is 82.0 Å². The highest BCUT2D eigenvalue weighted by Gasteiger charge is 2.18. The first kappa shape index (κ1) is 32.2. The molecule has 3 heteroatoms. The normalized spacial score (nSPS) is 11.9. The second-order valence-electron chi connectivity index (χ2n) is 14.9. The van der Waals surface area contributed by atoms with Crippen LogP contribution in [0.4, 0.5) is 16.2 Å². The van der Waals surface area contributed by atoms with Crippen LogP contribution in [0.5, 0.6) is 0 Å². The van der Waals surface area contributed by atoms with Crippen LogP contribution in [0.15, 0.2) is 158 Å². The highest BCUT2D eigenvalue weighted by atomic mass is 16.2. The molecule has 0 unspecified atom stereocenters. The van der Waals surface area contributed by atoms with Gasteiger partial charge in [0.1, 0.15) is 0 Å². The van der Waals surface area contributed by atoms with E-state index in [1.165, 1.54) is 86.9 Å². The first-order valence-corrected chi connectivity index (χ1v) is 19.0. The predicted octanol–water partition coefficient (Wildman–Crippen LogP) is 12.7. The number of urea groups is 1. The number of hydrogen-bond donors (Lipinski definition) is 0. The largest absolute Gasteiger partial charge is 0.328 e. The molecular formula is C51H40N2O. The summed E-state index contributed by atoms with van der Waals surface area (Å²) in [6, 6.07) is 57.1. The van der Waals surface area contributed by atoms with Gasteiger partial charge in [-0.25, -0.2) is 4.79 Å². The quantitative estimate of drug-likeness (QED) is 0.145. The van der Waals surface area contributed by atoms with E-state index in [0.29, 0.717) is 0 Å². The zero-order valence-corrected chi connectivity index (χ0v) is 30.6. The third kappa shape index (κ3) is 5.39. The number of nitrogens with zero attached hydrogens (tertiary/aromatic N) is 2. The van der Waals surface area contributed by atoms with E-state index in [-0.39, 0.29) is 6.03 Å². The SMILES string of the molecule is CN(C(=O)N(C)c1ccc(CCc2ccc3ccc4cccc5ccc2c3c45)cc1)c1ccc(CCc2ccc3ccc4cccc5ccc2c3c45)cc1. The molecule has 54 heavy (non-hydrogen) atoms. The minimum absolute atomic E-state index is 0.0715. The second kappa shape index (κ2) is 12.9. The molecule has 0 spiro atoms. The lowest BCUT2D eigenvalue weighted by molar-refractivity contribution is 0.253. The van der Waals surface area contributed by atoms with Gasteiger partial charge in [-0.2, -0.15) is 0 Å². The standard InChI is InChI=1S/C51H40N2O/c1-52(43-27-11-33(12-28-43)9-15-35-17-19-41-23-21-37-5-3-7-39-25-31-45(35)49(41)47(37)39)51(54)53(2)44-29-13-34(14-30-44)10-16-36-18-20-42-24-22-38-6-4-8-40-26-32-46(36)50(42)48(38)40/h3-8,11-14,17-32H,9-10,15-16H2,1-2H3. The van der Waals surface area contributed by atoms with Crippen LogP contribution in [0.3, 0.4) is 0 Å². The summed E-state index contributed by atoms with van der Waals surface area (Å²) in [4.78, 5) is 17.1. The fraction of sp³-hybridized carbons (Fsp3) is 0.118. The fourth-order valence-electron chi connectivity index (χ4n) is 8.80. The van der Waals surface area contributed by atoms with Crippen LogP contribution in [-0.4, -0.2) is 20.1 Å². The maximum Gasteiger partial charge on any atom is 0.328 e. The average molecular weight is 697 g/mol. The molecule has 0 aliphatic carbocycles. The molecule has 2 amide bonds. The maximum absolute atomic E-state index is 13.6. The number of carbonyl (C=O) groups excluding carboxylic acids is 1. The van der Waals surface area contributed by atoms with E-state index in [9.17, 15) is 4.79 Å². The number of anilines is 2. The third-order valence-electron chi connectivity index (χ3n) is 11.8. The lowest BCUT2D eigenvalue weighted by Gasteiger charge is -2.25. The van der Waals surface area contributed by atoms with Crippen molar-refractivity contribution in [3.8, 4) is 0 Å². The highest BCUT2D eigenvalue weighted by Crippen LogP contribution is 2.38. The maximum atomic E-state index is 13.6. The number of amides is 2. The van der Waals surface area contributed by atoms with E-state index >= 15 is 0 Å². The Labute approximate surface area is 315 Å². The lowest BCUT2D eigenvalue weighted by atomic mass is 9.90. The van der Waals surface area contributed by atoms with Crippen molar-refractivity contribution in [3.63, 3.8) is 0 Å². The molecule has 0 bridgehead atoms. The van der Waals surface area contributed by atoms with Gasteiger partial charge < -0.3 is 0 Å². The molecule has 260 valence electrons. The van der Waals surface area contributed by atoms with Gasteiger partial charge >= 0.3 is 6.03 Å². The third-order valence-corrected chi connectivity index (χ3v) is 11.8. The summed E-state index contributed by atoms with van der Waals surface area (Å²) in [5, 5.41) is 16.0. The summed E-state index contributed by atoms with van der Waals surface area (Å²) in [6.45, 7) is 0.